The van der Waals surface area contributed by atoms with E-state index in [9.17, 15) is 9.59 Å². The summed E-state index contributed by atoms with van der Waals surface area (Å²) >= 11 is 0. The molecule has 2 N–H and O–H groups in total. The van der Waals surface area contributed by atoms with Gasteiger partial charge >= 0.3 is 11.9 Å². The Morgan fingerprint density at radius 2 is 0.905 bits per heavy atom. The van der Waals surface area contributed by atoms with Gasteiger partial charge in [-0.2, -0.15) is 0 Å². The Hall–Kier alpha value is -2.10. The van der Waals surface area contributed by atoms with Crippen molar-refractivity contribution in [3.63, 3.8) is 0 Å². The van der Waals surface area contributed by atoms with Crippen molar-refractivity contribution in [2.24, 2.45) is 0 Å². The van der Waals surface area contributed by atoms with E-state index in [1.165, 1.54) is 0 Å². The normalized spacial score (nSPS) is 8.86. The smallest absolute Gasteiger partial charge is 0.335 e. The number of hydrogen-bond acceptors (Lipinski definition) is 2. The van der Waals surface area contributed by atoms with E-state index >= 15 is 0 Å². The number of aryl methyl sites for hydroxylation is 2. The van der Waals surface area contributed by atoms with Gasteiger partial charge in [0.05, 0.1) is 11.1 Å². The first-order valence-electron chi connectivity index (χ1n) is 6.00. The van der Waals surface area contributed by atoms with Crippen molar-refractivity contribution >= 4 is 11.9 Å². The number of carboxylic acid groups (broad SMARTS) is 2. The minimum absolute atomic E-state index is 0. The quantitative estimate of drug-likeness (QED) is 0.825. The summed E-state index contributed by atoms with van der Waals surface area (Å²) < 4.78 is 0. The van der Waals surface area contributed by atoms with Crippen molar-refractivity contribution in [1.29, 1.82) is 0 Å². The summed E-state index contributed by atoms with van der Waals surface area (Å²) in [6.45, 7) is 3.84. The predicted octanol–water partition coefficient (Wildman–Crippen LogP) is 3.38. The van der Waals surface area contributed by atoms with Gasteiger partial charge in [0.15, 0.2) is 0 Å². The molecular weight excluding hydrogens is 320 g/mol. The summed E-state index contributed by atoms with van der Waals surface area (Å²) in [5.41, 5.74) is 2.83. The molecule has 21 heavy (non-hydrogen) atoms. The van der Waals surface area contributed by atoms with E-state index in [4.69, 9.17) is 10.2 Å². The van der Waals surface area contributed by atoms with Crippen LogP contribution in [0.2, 0.25) is 0 Å². The number of hydrogen-bond donors (Lipinski definition) is 2. The molecule has 0 amide bonds. The van der Waals surface area contributed by atoms with Crippen molar-refractivity contribution < 1.29 is 36.9 Å². The first kappa shape index (κ1) is 18.9. The Balaban J connectivity index is 0.000000364. The molecule has 0 unspecified atom stereocenters. The molecule has 0 saturated carbocycles. The first-order valence-corrected chi connectivity index (χ1v) is 6.00. The number of carbonyl (C=O) groups is 2. The van der Waals surface area contributed by atoms with Crippen LogP contribution in [0.1, 0.15) is 31.8 Å². The van der Waals surface area contributed by atoms with Crippen LogP contribution in [0.15, 0.2) is 48.5 Å². The third kappa shape index (κ3) is 6.75. The molecule has 0 aliphatic rings. The third-order valence-corrected chi connectivity index (χ3v) is 2.60. The first-order chi connectivity index (χ1) is 9.40. The summed E-state index contributed by atoms with van der Waals surface area (Å²) in [6.07, 6.45) is 0. The Morgan fingerprint density at radius 1 is 0.667 bits per heavy atom. The zero-order valence-electron chi connectivity index (χ0n) is 11.6. The Labute approximate surface area is 133 Å². The van der Waals surface area contributed by atoms with Gasteiger partial charge in [0.2, 0.25) is 0 Å². The fraction of sp³-hybridized carbons (Fsp3) is 0.125. The van der Waals surface area contributed by atoms with Crippen LogP contribution in [0.5, 0.6) is 0 Å². The van der Waals surface area contributed by atoms with E-state index in [1.807, 2.05) is 13.8 Å². The summed E-state index contributed by atoms with van der Waals surface area (Å²) in [5, 5.41) is 17.0. The molecule has 2 aromatic rings. The van der Waals surface area contributed by atoms with E-state index in [-0.39, 0.29) is 17.1 Å². The van der Waals surface area contributed by atoms with Gasteiger partial charge in [-0.25, -0.2) is 9.59 Å². The van der Waals surface area contributed by atoms with Crippen LogP contribution in [0.3, 0.4) is 0 Å². The molecule has 4 nitrogen and oxygen atoms in total. The Bertz CT molecular complexity index is 533. The van der Waals surface area contributed by atoms with Crippen LogP contribution in [-0.2, 0) is 17.1 Å². The van der Waals surface area contributed by atoms with Crippen LogP contribution < -0.4 is 0 Å². The van der Waals surface area contributed by atoms with Gasteiger partial charge in [0.1, 0.15) is 0 Å². The number of benzene rings is 2. The van der Waals surface area contributed by atoms with Crippen molar-refractivity contribution in [1.82, 2.24) is 0 Å². The molecule has 2 aromatic carbocycles. The van der Waals surface area contributed by atoms with Gasteiger partial charge < -0.3 is 10.2 Å². The van der Waals surface area contributed by atoms with E-state index < -0.39 is 11.9 Å². The van der Waals surface area contributed by atoms with Crippen LogP contribution in [-0.4, -0.2) is 22.2 Å². The second kappa shape index (κ2) is 8.95. The molecule has 0 aromatic heterocycles. The number of aromatic carboxylic acids is 2. The monoisotopic (exact) mass is 335 g/mol. The average Bonchev–Trinajstić information content (AvgIpc) is 2.40. The molecule has 0 spiro atoms. The van der Waals surface area contributed by atoms with Gasteiger partial charge in [-0.05, 0) is 38.1 Å². The van der Waals surface area contributed by atoms with Crippen molar-refractivity contribution in [2.45, 2.75) is 13.8 Å². The molecule has 5 heteroatoms. The van der Waals surface area contributed by atoms with Crippen LogP contribution in [0.4, 0.5) is 0 Å². The molecule has 2 rings (SSSR count). The second-order valence-corrected chi connectivity index (χ2v) is 4.34. The molecule has 0 fully saturated rings. The molecule has 0 heterocycles. The zero-order valence-corrected chi connectivity index (χ0v) is 12.6. The van der Waals surface area contributed by atoms with E-state index in [0.29, 0.717) is 11.1 Å². The molecule has 115 valence electrons. The van der Waals surface area contributed by atoms with E-state index in [1.54, 1.807) is 48.5 Å². The SMILES string of the molecule is Cc1ccc(C(=O)O)cc1.Cc1ccc(C(=O)O)cc1.[Cu]. The van der Waals surface area contributed by atoms with Crippen molar-refractivity contribution in [2.75, 3.05) is 0 Å². The van der Waals surface area contributed by atoms with Crippen molar-refractivity contribution in [3.05, 3.63) is 70.8 Å². The molecule has 0 atom stereocenters. The van der Waals surface area contributed by atoms with Crippen LogP contribution in [0.25, 0.3) is 0 Å². The predicted molar refractivity (Wildman–Crippen MR) is 76.3 cm³/mol. The fourth-order valence-corrected chi connectivity index (χ4v) is 1.39. The maximum absolute atomic E-state index is 10.3. The average molecular weight is 336 g/mol. The largest absolute Gasteiger partial charge is 0.478 e. The van der Waals surface area contributed by atoms with Gasteiger partial charge in [-0.15, -0.1) is 0 Å². The molecule has 0 saturated heterocycles. The minimum atomic E-state index is -0.875. The topological polar surface area (TPSA) is 74.6 Å². The van der Waals surface area contributed by atoms with Gasteiger partial charge in [-0.1, -0.05) is 35.4 Å². The maximum Gasteiger partial charge on any atom is 0.335 e. The van der Waals surface area contributed by atoms with Gasteiger partial charge in [0, 0.05) is 17.1 Å². The standard InChI is InChI=1S/2C8H8O2.Cu/c2*1-6-2-4-7(5-3-6)8(9)10;/h2*2-5H,1H3,(H,9,10);. The third-order valence-electron chi connectivity index (χ3n) is 2.60. The van der Waals surface area contributed by atoms with Gasteiger partial charge in [0.25, 0.3) is 0 Å². The van der Waals surface area contributed by atoms with E-state index in [2.05, 4.69) is 0 Å². The second-order valence-electron chi connectivity index (χ2n) is 4.34. The maximum atomic E-state index is 10.3. The Kier molecular flexibility index (Phi) is 8.05. The number of rotatable bonds is 2. The van der Waals surface area contributed by atoms with Crippen LogP contribution >= 0.6 is 0 Å². The Morgan fingerprint density at radius 3 is 1.10 bits per heavy atom. The summed E-state index contributed by atoms with van der Waals surface area (Å²) in [5.74, 6) is -1.75. The fourth-order valence-electron chi connectivity index (χ4n) is 1.39. The molecule has 0 aliphatic heterocycles. The minimum Gasteiger partial charge on any atom is -0.478 e. The van der Waals surface area contributed by atoms with Crippen molar-refractivity contribution in [3.8, 4) is 0 Å². The number of carboxylic acids is 2. The van der Waals surface area contributed by atoms with Crippen LogP contribution in [0, 0.1) is 13.8 Å². The summed E-state index contributed by atoms with van der Waals surface area (Å²) in [6, 6.07) is 13.5. The molecular formula is C16H16CuO4. The summed E-state index contributed by atoms with van der Waals surface area (Å²) in [4.78, 5) is 20.6. The molecule has 1 radical (unpaired) electrons. The molecule has 0 bridgehead atoms. The zero-order chi connectivity index (χ0) is 15.1. The molecule has 0 aliphatic carbocycles. The van der Waals surface area contributed by atoms with Gasteiger partial charge in [-0.3, -0.25) is 0 Å². The van der Waals surface area contributed by atoms with E-state index in [0.717, 1.165) is 11.1 Å². The summed E-state index contributed by atoms with van der Waals surface area (Å²) in [7, 11) is 0.